The highest BCUT2D eigenvalue weighted by Crippen LogP contribution is 2.16. The first-order chi connectivity index (χ1) is 6.49. The maximum Gasteiger partial charge on any atom is 0.401 e. The number of aromatic nitrogens is 1. The van der Waals surface area contributed by atoms with Crippen molar-refractivity contribution >= 4 is 0 Å². The van der Waals surface area contributed by atoms with E-state index in [9.17, 15) is 13.2 Å². The smallest absolute Gasteiger partial charge is 0.302 e. The zero-order valence-electron chi connectivity index (χ0n) is 7.67. The van der Waals surface area contributed by atoms with E-state index in [1.165, 1.54) is 0 Å². The number of nitrogens with zero attached hydrogens (tertiary/aromatic N) is 1. The summed E-state index contributed by atoms with van der Waals surface area (Å²) < 4.78 is 35.6. The van der Waals surface area contributed by atoms with Crippen LogP contribution in [0.5, 0.6) is 0 Å². The Morgan fingerprint density at radius 2 is 2.21 bits per heavy atom. The summed E-state index contributed by atoms with van der Waals surface area (Å²) in [7, 11) is 0. The Morgan fingerprint density at radius 3 is 2.71 bits per heavy atom. The molecule has 0 spiro atoms. The molecule has 78 valence electrons. The molecule has 0 saturated heterocycles. The summed E-state index contributed by atoms with van der Waals surface area (Å²) in [4.78, 5) is 3.83. The molecule has 0 fully saturated rings. The van der Waals surface area contributed by atoms with E-state index in [0.29, 0.717) is 0 Å². The molecule has 0 aliphatic carbocycles. The third-order valence-corrected chi connectivity index (χ3v) is 1.79. The predicted molar refractivity (Wildman–Crippen MR) is 46.7 cm³/mol. The average molecular weight is 204 g/mol. The number of pyridine rings is 1. The summed E-state index contributed by atoms with van der Waals surface area (Å²) in [6.45, 7) is 0.686. The van der Waals surface area contributed by atoms with Crippen molar-refractivity contribution in [3.8, 4) is 0 Å². The summed E-state index contributed by atoms with van der Waals surface area (Å²) in [5, 5.41) is 2.37. The maximum atomic E-state index is 11.9. The van der Waals surface area contributed by atoms with Gasteiger partial charge < -0.3 is 5.32 Å². The number of nitrogens with one attached hydrogen (secondary N) is 1. The number of alkyl halides is 3. The summed E-state index contributed by atoms with van der Waals surface area (Å²) in [6, 6.07) is 3.09. The van der Waals surface area contributed by atoms with Gasteiger partial charge in [-0.05, 0) is 18.6 Å². The van der Waals surface area contributed by atoms with Crippen molar-refractivity contribution in [2.75, 3.05) is 6.54 Å². The Hall–Kier alpha value is -1.10. The van der Waals surface area contributed by atoms with Gasteiger partial charge in [-0.15, -0.1) is 0 Å². The van der Waals surface area contributed by atoms with Gasteiger partial charge in [0.25, 0.3) is 0 Å². The molecular weight excluding hydrogens is 193 g/mol. The van der Waals surface area contributed by atoms with Gasteiger partial charge in [0.2, 0.25) is 0 Å². The highest BCUT2D eigenvalue weighted by atomic mass is 19.4. The molecule has 1 aromatic heterocycles. The predicted octanol–water partition coefficient (Wildman–Crippen LogP) is 2.29. The molecule has 14 heavy (non-hydrogen) atoms. The molecule has 1 atom stereocenters. The Kier molecular flexibility index (Phi) is 3.46. The van der Waals surface area contributed by atoms with E-state index in [-0.39, 0.29) is 6.04 Å². The fourth-order valence-electron chi connectivity index (χ4n) is 1.02. The van der Waals surface area contributed by atoms with Gasteiger partial charge in [-0.2, -0.15) is 13.2 Å². The Balaban J connectivity index is 2.48. The standard InChI is InChI=1S/C9H11F3N2/c1-7(14-6-9(10,11)12)8-3-2-4-13-5-8/h2-5,7,14H,6H2,1H3/t7-/m0/s1. The molecule has 1 N–H and O–H groups in total. The molecule has 0 amide bonds. The first kappa shape index (κ1) is 11.0. The van der Waals surface area contributed by atoms with Crippen molar-refractivity contribution in [3.05, 3.63) is 30.1 Å². The van der Waals surface area contributed by atoms with Crippen molar-refractivity contribution in [2.24, 2.45) is 0 Å². The van der Waals surface area contributed by atoms with Gasteiger partial charge in [0, 0.05) is 18.4 Å². The molecule has 0 saturated carbocycles. The van der Waals surface area contributed by atoms with Gasteiger partial charge in [0.15, 0.2) is 0 Å². The Morgan fingerprint density at radius 1 is 1.50 bits per heavy atom. The van der Waals surface area contributed by atoms with Crippen LogP contribution in [0.15, 0.2) is 24.5 Å². The lowest BCUT2D eigenvalue weighted by atomic mass is 10.1. The first-order valence-electron chi connectivity index (χ1n) is 4.19. The minimum Gasteiger partial charge on any atom is -0.302 e. The molecule has 0 aliphatic heterocycles. The monoisotopic (exact) mass is 204 g/mol. The molecule has 0 bridgehead atoms. The average Bonchev–Trinajstić information content (AvgIpc) is 2.14. The largest absolute Gasteiger partial charge is 0.401 e. The van der Waals surface area contributed by atoms with Crippen molar-refractivity contribution in [2.45, 2.75) is 19.1 Å². The van der Waals surface area contributed by atoms with Crippen LogP contribution in [-0.2, 0) is 0 Å². The van der Waals surface area contributed by atoms with E-state index >= 15 is 0 Å². The number of halogens is 3. The van der Waals surface area contributed by atoms with Crippen LogP contribution >= 0.6 is 0 Å². The lowest BCUT2D eigenvalue weighted by Crippen LogP contribution is -2.30. The Labute approximate surface area is 80.2 Å². The zero-order valence-corrected chi connectivity index (χ0v) is 7.67. The molecule has 5 heteroatoms. The van der Waals surface area contributed by atoms with Crippen molar-refractivity contribution in [3.63, 3.8) is 0 Å². The fraction of sp³-hybridized carbons (Fsp3) is 0.444. The van der Waals surface area contributed by atoms with E-state index in [1.807, 2.05) is 0 Å². The van der Waals surface area contributed by atoms with Gasteiger partial charge in [-0.1, -0.05) is 6.07 Å². The normalized spacial score (nSPS) is 14.0. The minimum atomic E-state index is -4.17. The second-order valence-electron chi connectivity index (χ2n) is 3.00. The van der Waals surface area contributed by atoms with Crippen LogP contribution in [-0.4, -0.2) is 17.7 Å². The minimum absolute atomic E-state index is 0.342. The van der Waals surface area contributed by atoms with Gasteiger partial charge in [0.1, 0.15) is 0 Å². The van der Waals surface area contributed by atoms with E-state index in [2.05, 4.69) is 10.3 Å². The van der Waals surface area contributed by atoms with E-state index in [4.69, 9.17) is 0 Å². The molecule has 0 radical (unpaired) electrons. The highest BCUT2D eigenvalue weighted by Gasteiger charge is 2.27. The molecule has 1 heterocycles. The van der Waals surface area contributed by atoms with Gasteiger partial charge in [-0.25, -0.2) is 0 Å². The summed E-state index contributed by atoms with van der Waals surface area (Å²) in [6.07, 6.45) is -1.04. The maximum absolute atomic E-state index is 11.9. The van der Waals surface area contributed by atoms with Crippen LogP contribution in [0.4, 0.5) is 13.2 Å². The summed E-state index contributed by atoms with van der Waals surface area (Å²) in [5.41, 5.74) is 0.747. The van der Waals surface area contributed by atoms with Gasteiger partial charge >= 0.3 is 6.18 Å². The number of hydrogen-bond donors (Lipinski definition) is 1. The highest BCUT2D eigenvalue weighted by molar-refractivity contribution is 5.12. The molecule has 0 aliphatic rings. The quantitative estimate of drug-likeness (QED) is 0.817. The third kappa shape index (κ3) is 3.74. The Bertz CT molecular complexity index is 271. The van der Waals surface area contributed by atoms with Crippen LogP contribution in [0.3, 0.4) is 0 Å². The lowest BCUT2D eigenvalue weighted by Gasteiger charge is -2.15. The summed E-state index contributed by atoms with van der Waals surface area (Å²) in [5.74, 6) is 0. The van der Waals surface area contributed by atoms with E-state index in [0.717, 1.165) is 5.56 Å². The lowest BCUT2D eigenvalue weighted by molar-refractivity contribution is -0.126. The number of rotatable bonds is 3. The SMILES string of the molecule is C[C@H](NCC(F)(F)F)c1cccnc1. The number of hydrogen-bond acceptors (Lipinski definition) is 2. The van der Waals surface area contributed by atoms with Gasteiger partial charge in [-0.3, -0.25) is 4.98 Å². The molecule has 1 aromatic rings. The first-order valence-corrected chi connectivity index (χ1v) is 4.19. The second-order valence-corrected chi connectivity index (χ2v) is 3.00. The van der Waals surface area contributed by atoms with Crippen LogP contribution in [0, 0.1) is 0 Å². The van der Waals surface area contributed by atoms with E-state index < -0.39 is 12.7 Å². The molecule has 1 rings (SSSR count). The van der Waals surface area contributed by atoms with Crippen LogP contribution in [0.25, 0.3) is 0 Å². The molecule has 0 unspecified atom stereocenters. The van der Waals surface area contributed by atoms with Crippen LogP contribution in [0.2, 0.25) is 0 Å². The zero-order chi connectivity index (χ0) is 10.6. The fourth-order valence-corrected chi connectivity index (χ4v) is 1.02. The second kappa shape index (κ2) is 4.41. The van der Waals surface area contributed by atoms with Crippen molar-refractivity contribution in [1.82, 2.24) is 10.3 Å². The van der Waals surface area contributed by atoms with Crippen LogP contribution < -0.4 is 5.32 Å². The molecule has 0 aromatic carbocycles. The molecular formula is C9H11F3N2. The molecule has 2 nitrogen and oxygen atoms in total. The summed E-state index contributed by atoms with van der Waals surface area (Å²) >= 11 is 0. The van der Waals surface area contributed by atoms with Crippen LogP contribution in [0.1, 0.15) is 18.5 Å². The van der Waals surface area contributed by atoms with Crippen molar-refractivity contribution in [1.29, 1.82) is 0 Å². The van der Waals surface area contributed by atoms with Gasteiger partial charge in [0.05, 0.1) is 6.54 Å². The van der Waals surface area contributed by atoms with Crippen molar-refractivity contribution < 1.29 is 13.2 Å². The van der Waals surface area contributed by atoms with E-state index in [1.54, 1.807) is 31.5 Å². The third-order valence-electron chi connectivity index (χ3n) is 1.79. The topological polar surface area (TPSA) is 24.9 Å².